The number of benzene rings is 1. The Kier molecular flexibility index (Phi) is 2.38. The molecule has 3 rings (SSSR count). The van der Waals surface area contributed by atoms with Gasteiger partial charge in [0.2, 0.25) is 0 Å². The van der Waals surface area contributed by atoms with Gasteiger partial charge in [-0.1, -0.05) is 18.2 Å². The summed E-state index contributed by atoms with van der Waals surface area (Å²) in [6.45, 7) is 1.31. The summed E-state index contributed by atoms with van der Waals surface area (Å²) in [6, 6.07) is 9.34. The number of rotatable bonds is 2. The zero-order valence-electron chi connectivity index (χ0n) is 10.2. The van der Waals surface area contributed by atoms with Crippen LogP contribution in [0.4, 0.5) is 0 Å². The standard InChI is InChI=1S/C13H11N3O3/c1-8-14-15(7-12(17)18)13(19)11-6-9-4-2-3-5-10(9)16(8)11/h2-6H,7H2,1H3,(H,17,18). The van der Waals surface area contributed by atoms with E-state index in [4.69, 9.17) is 5.11 Å². The lowest BCUT2D eigenvalue weighted by atomic mass is 10.2. The highest BCUT2D eigenvalue weighted by Crippen LogP contribution is 2.18. The monoisotopic (exact) mass is 257 g/mol. The summed E-state index contributed by atoms with van der Waals surface area (Å²) in [5.41, 5.74) is 0.932. The number of aryl methyl sites for hydroxylation is 1. The molecule has 0 amide bonds. The maximum Gasteiger partial charge on any atom is 0.325 e. The van der Waals surface area contributed by atoms with E-state index < -0.39 is 18.1 Å². The van der Waals surface area contributed by atoms with Crippen LogP contribution in [0.1, 0.15) is 5.82 Å². The molecule has 1 N–H and O–H groups in total. The fourth-order valence-electron chi connectivity index (χ4n) is 2.29. The van der Waals surface area contributed by atoms with Gasteiger partial charge in [-0.15, -0.1) is 0 Å². The van der Waals surface area contributed by atoms with Crippen molar-refractivity contribution in [3.8, 4) is 0 Å². The van der Waals surface area contributed by atoms with E-state index in [1.54, 1.807) is 17.4 Å². The number of aliphatic carboxylic acids is 1. The van der Waals surface area contributed by atoms with Crippen molar-refractivity contribution in [2.75, 3.05) is 0 Å². The molecule has 6 heteroatoms. The first-order valence-electron chi connectivity index (χ1n) is 5.77. The summed E-state index contributed by atoms with van der Waals surface area (Å²) in [5, 5.41) is 13.8. The number of hydrogen-bond donors (Lipinski definition) is 1. The largest absolute Gasteiger partial charge is 0.480 e. The van der Waals surface area contributed by atoms with Crippen LogP contribution in [0.5, 0.6) is 0 Å². The van der Waals surface area contributed by atoms with E-state index in [1.165, 1.54) is 0 Å². The molecule has 0 radical (unpaired) electrons. The fourth-order valence-corrected chi connectivity index (χ4v) is 2.29. The van der Waals surface area contributed by atoms with Crippen molar-refractivity contribution < 1.29 is 9.90 Å². The first kappa shape index (κ1) is 11.5. The number of aromatic nitrogens is 3. The molecule has 0 fully saturated rings. The minimum Gasteiger partial charge on any atom is -0.480 e. The minimum atomic E-state index is -1.09. The lowest BCUT2D eigenvalue weighted by Gasteiger charge is -2.06. The van der Waals surface area contributed by atoms with Gasteiger partial charge in [0.05, 0.1) is 5.52 Å². The predicted molar refractivity (Wildman–Crippen MR) is 69.3 cm³/mol. The molecule has 6 nitrogen and oxygen atoms in total. The normalized spacial score (nSPS) is 11.2. The van der Waals surface area contributed by atoms with Crippen molar-refractivity contribution in [3.05, 3.63) is 46.5 Å². The van der Waals surface area contributed by atoms with Gasteiger partial charge in [-0.05, 0) is 19.1 Å². The van der Waals surface area contributed by atoms with Gasteiger partial charge in [-0.3, -0.25) is 14.0 Å². The maximum atomic E-state index is 12.2. The molecule has 0 unspecified atom stereocenters. The Hall–Kier alpha value is -2.63. The van der Waals surface area contributed by atoms with E-state index in [0.717, 1.165) is 15.6 Å². The molecule has 0 aliphatic carbocycles. The van der Waals surface area contributed by atoms with Crippen LogP contribution in [0.25, 0.3) is 16.4 Å². The fraction of sp³-hybridized carbons (Fsp3) is 0.154. The lowest BCUT2D eigenvalue weighted by Crippen LogP contribution is -2.29. The van der Waals surface area contributed by atoms with Gasteiger partial charge in [0.25, 0.3) is 5.56 Å². The van der Waals surface area contributed by atoms with Crippen LogP contribution in [-0.2, 0) is 11.3 Å². The highest BCUT2D eigenvalue weighted by atomic mass is 16.4. The summed E-state index contributed by atoms with van der Waals surface area (Å²) >= 11 is 0. The second-order valence-corrected chi connectivity index (χ2v) is 4.33. The van der Waals surface area contributed by atoms with Crippen molar-refractivity contribution in [2.45, 2.75) is 13.5 Å². The topological polar surface area (TPSA) is 76.6 Å². The predicted octanol–water partition coefficient (Wildman–Crippen LogP) is 1.04. The average molecular weight is 257 g/mol. The summed E-state index contributed by atoms with van der Waals surface area (Å²) in [6.07, 6.45) is 0. The maximum absolute atomic E-state index is 12.2. The highest BCUT2D eigenvalue weighted by molar-refractivity contribution is 5.87. The van der Waals surface area contributed by atoms with Crippen molar-refractivity contribution >= 4 is 22.4 Å². The zero-order chi connectivity index (χ0) is 13.6. The molecule has 0 spiro atoms. The molecule has 0 atom stereocenters. The summed E-state index contributed by atoms with van der Waals surface area (Å²) in [4.78, 5) is 22.9. The molecule has 2 heterocycles. The highest BCUT2D eigenvalue weighted by Gasteiger charge is 2.13. The number of carboxylic acids is 1. The Morgan fingerprint density at radius 2 is 2.05 bits per heavy atom. The van der Waals surface area contributed by atoms with Crippen LogP contribution in [0, 0.1) is 6.92 Å². The smallest absolute Gasteiger partial charge is 0.325 e. The van der Waals surface area contributed by atoms with E-state index in [0.29, 0.717) is 11.3 Å². The van der Waals surface area contributed by atoms with Crippen molar-refractivity contribution in [2.24, 2.45) is 0 Å². The average Bonchev–Trinajstić information content (AvgIpc) is 2.75. The van der Waals surface area contributed by atoms with Gasteiger partial charge in [-0.25, -0.2) is 4.68 Å². The van der Waals surface area contributed by atoms with E-state index in [-0.39, 0.29) is 0 Å². The number of hydrogen-bond acceptors (Lipinski definition) is 3. The van der Waals surface area contributed by atoms with Crippen LogP contribution in [-0.4, -0.2) is 25.3 Å². The quantitative estimate of drug-likeness (QED) is 0.744. The van der Waals surface area contributed by atoms with Gasteiger partial charge in [0.15, 0.2) is 0 Å². The van der Waals surface area contributed by atoms with E-state index in [2.05, 4.69) is 5.10 Å². The lowest BCUT2D eigenvalue weighted by molar-refractivity contribution is -0.138. The van der Waals surface area contributed by atoms with Gasteiger partial charge in [0, 0.05) is 5.39 Å². The summed E-state index contributed by atoms with van der Waals surface area (Å²) < 4.78 is 2.72. The van der Waals surface area contributed by atoms with Crippen LogP contribution in [0.2, 0.25) is 0 Å². The van der Waals surface area contributed by atoms with Crippen molar-refractivity contribution in [3.63, 3.8) is 0 Å². The van der Waals surface area contributed by atoms with Crippen molar-refractivity contribution in [1.29, 1.82) is 0 Å². The third-order valence-electron chi connectivity index (χ3n) is 3.04. The van der Waals surface area contributed by atoms with E-state index in [1.807, 2.05) is 24.3 Å². The van der Waals surface area contributed by atoms with Gasteiger partial charge < -0.3 is 5.11 Å². The summed E-state index contributed by atoms with van der Waals surface area (Å²) in [5.74, 6) is -0.508. The Bertz CT molecular complexity index is 861. The number of carboxylic acid groups (broad SMARTS) is 1. The minimum absolute atomic E-state index is 0.399. The Labute approximate surface area is 107 Å². The van der Waals surface area contributed by atoms with Crippen molar-refractivity contribution in [1.82, 2.24) is 14.2 Å². The number of carbonyl (C=O) groups is 1. The Morgan fingerprint density at radius 1 is 1.32 bits per heavy atom. The third kappa shape index (κ3) is 1.69. The molecular formula is C13H11N3O3. The zero-order valence-corrected chi connectivity index (χ0v) is 10.2. The van der Waals surface area contributed by atoms with Crippen LogP contribution >= 0.6 is 0 Å². The summed E-state index contributed by atoms with van der Waals surface area (Å²) in [7, 11) is 0. The van der Waals surface area contributed by atoms with Crippen LogP contribution in [0.3, 0.4) is 0 Å². The molecule has 0 saturated heterocycles. The molecule has 0 saturated carbocycles. The molecule has 0 bridgehead atoms. The number of para-hydroxylation sites is 1. The molecular weight excluding hydrogens is 246 g/mol. The molecule has 1 aromatic carbocycles. The van der Waals surface area contributed by atoms with E-state index in [9.17, 15) is 9.59 Å². The SMILES string of the molecule is Cc1nn(CC(=O)O)c(=O)c2cc3ccccc3n12. The molecule has 2 aromatic heterocycles. The number of nitrogens with zero attached hydrogens (tertiary/aromatic N) is 3. The van der Waals surface area contributed by atoms with Crippen LogP contribution in [0.15, 0.2) is 35.1 Å². The molecule has 0 aliphatic heterocycles. The first-order valence-corrected chi connectivity index (χ1v) is 5.77. The van der Waals surface area contributed by atoms with Gasteiger partial charge in [0.1, 0.15) is 17.9 Å². The third-order valence-corrected chi connectivity index (χ3v) is 3.04. The second-order valence-electron chi connectivity index (χ2n) is 4.33. The van der Waals surface area contributed by atoms with E-state index >= 15 is 0 Å². The molecule has 19 heavy (non-hydrogen) atoms. The molecule has 0 aliphatic rings. The van der Waals surface area contributed by atoms with Crippen LogP contribution < -0.4 is 5.56 Å². The first-order chi connectivity index (χ1) is 9.08. The second kappa shape index (κ2) is 3.94. The van der Waals surface area contributed by atoms with Gasteiger partial charge >= 0.3 is 5.97 Å². The molecule has 3 aromatic rings. The molecule has 96 valence electrons. The number of fused-ring (bicyclic) bond motifs is 3. The Morgan fingerprint density at radius 3 is 2.79 bits per heavy atom. The Balaban J connectivity index is 2.43. The van der Waals surface area contributed by atoms with Gasteiger partial charge in [-0.2, -0.15) is 5.10 Å².